The highest BCUT2D eigenvalue weighted by Crippen LogP contribution is 2.29. The lowest BCUT2D eigenvalue weighted by molar-refractivity contribution is 0.101. The molecule has 0 radical (unpaired) electrons. The molecule has 0 aromatic heterocycles. The summed E-state index contributed by atoms with van der Waals surface area (Å²) in [4.78, 5) is 24.9. The third-order valence-corrected chi connectivity index (χ3v) is 6.19. The van der Waals surface area contributed by atoms with Crippen molar-refractivity contribution in [3.63, 3.8) is 0 Å². The molecule has 6 nitrogen and oxygen atoms in total. The molecule has 0 bridgehead atoms. The first kappa shape index (κ1) is 24.5. The fourth-order valence-corrected chi connectivity index (χ4v) is 4.27. The first-order valence-electron chi connectivity index (χ1n) is 10.6. The maximum atomic E-state index is 12.4. The van der Waals surface area contributed by atoms with E-state index in [4.69, 9.17) is 0 Å². The minimum Gasteiger partial charge on any atom is -0.506 e. The molecule has 4 aromatic rings. The number of phenols is 2. The van der Waals surface area contributed by atoms with Crippen molar-refractivity contribution < 1.29 is 19.8 Å². The van der Waals surface area contributed by atoms with E-state index in [1.807, 2.05) is 12.1 Å². The van der Waals surface area contributed by atoms with Gasteiger partial charge in [-0.05, 0) is 78.2 Å². The molecule has 4 aromatic carbocycles. The number of nitrogens with one attached hydrogen (secondary N) is 2. The number of anilines is 2. The SMILES string of the molecule is O=C(Nc1ccc(Cc2ccc(NC(=O)c3cccc(Br)c3)c(O)c2)cc1O)c1cccc(Br)c1. The summed E-state index contributed by atoms with van der Waals surface area (Å²) in [6, 6.07) is 23.9. The molecule has 0 atom stereocenters. The molecule has 4 rings (SSSR count). The standard InChI is InChI=1S/C27H20Br2N2O4/c28-20-5-1-3-18(14-20)26(34)30-22-9-7-16(12-24(22)32)11-17-8-10-23(25(33)13-17)31-27(35)19-4-2-6-21(29)15-19/h1-10,12-15,32-33H,11H2,(H,30,34)(H,31,35). The monoisotopic (exact) mass is 594 g/mol. The van der Waals surface area contributed by atoms with E-state index in [0.29, 0.717) is 28.9 Å². The zero-order chi connectivity index (χ0) is 24.9. The van der Waals surface area contributed by atoms with E-state index in [9.17, 15) is 19.8 Å². The van der Waals surface area contributed by atoms with Gasteiger partial charge in [0.2, 0.25) is 0 Å². The van der Waals surface area contributed by atoms with Crippen LogP contribution in [0.1, 0.15) is 31.8 Å². The summed E-state index contributed by atoms with van der Waals surface area (Å²) in [6.07, 6.45) is 0.431. The largest absolute Gasteiger partial charge is 0.506 e. The maximum absolute atomic E-state index is 12.4. The Balaban J connectivity index is 1.42. The molecule has 0 aliphatic heterocycles. The highest BCUT2D eigenvalue weighted by atomic mass is 79.9. The zero-order valence-corrected chi connectivity index (χ0v) is 21.4. The smallest absolute Gasteiger partial charge is 0.255 e. The van der Waals surface area contributed by atoms with Gasteiger partial charge in [0.15, 0.2) is 0 Å². The third-order valence-electron chi connectivity index (χ3n) is 5.20. The lowest BCUT2D eigenvalue weighted by Crippen LogP contribution is -2.12. The maximum Gasteiger partial charge on any atom is 0.255 e. The molecule has 0 unspecified atom stereocenters. The van der Waals surface area contributed by atoms with Gasteiger partial charge in [-0.2, -0.15) is 0 Å². The Morgan fingerprint density at radius 1 is 0.629 bits per heavy atom. The molecule has 35 heavy (non-hydrogen) atoms. The molecular weight excluding hydrogens is 576 g/mol. The minimum atomic E-state index is -0.334. The van der Waals surface area contributed by atoms with Crippen LogP contribution in [-0.4, -0.2) is 22.0 Å². The molecule has 0 saturated carbocycles. The fraction of sp³-hybridized carbons (Fsp3) is 0.0370. The topological polar surface area (TPSA) is 98.7 Å². The van der Waals surface area contributed by atoms with E-state index in [0.717, 1.165) is 20.1 Å². The highest BCUT2D eigenvalue weighted by molar-refractivity contribution is 9.10. The second-order valence-electron chi connectivity index (χ2n) is 7.81. The van der Waals surface area contributed by atoms with Gasteiger partial charge in [-0.25, -0.2) is 0 Å². The number of carbonyl (C=O) groups is 2. The van der Waals surface area contributed by atoms with Crippen molar-refractivity contribution in [2.75, 3.05) is 10.6 Å². The van der Waals surface area contributed by atoms with Gasteiger partial charge in [-0.3, -0.25) is 9.59 Å². The summed E-state index contributed by atoms with van der Waals surface area (Å²) in [5.41, 5.74) is 3.09. The van der Waals surface area contributed by atoms with Crippen molar-refractivity contribution in [2.24, 2.45) is 0 Å². The Hall–Kier alpha value is -3.62. The van der Waals surface area contributed by atoms with Gasteiger partial charge < -0.3 is 20.8 Å². The lowest BCUT2D eigenvalue weighted by Gasteiger charge is -2.11. The Kier molecular flexibility index (Phi) is 7.53. The Morgan fingerprint density at radius 2 is 1.06 bits per heavy atom. The molecule has 0 fully saturated rings. The van der Waals surface area contributed by atoms with Crippen molar-refractivity contribution in [1.82, 2.24) is 0 Å². The summed E-state index contributed by atoms with van der Waals surface area (Å²) < 4.78 is 1.57. The summed E-state index contributed by atoms with van der Waals surface area (Å²) in [5, 5.41) is 26.2. The van der Waals surface area contributed by atoms with Crippen LogP contribution in [0.15, 0.2) is 93.9 Å². The van der Waals surface area contributed by atoms with Crippen LogP contribution < -0.4 is 10.6 Å². The normalized spacial score (nSPS) is 10.6. The Morgan fingerprint density at radius 3 is 1.43 bits per heavy atom. The quantitative estimate of drug-likeness (QED) is 0.186. The third kappa shape index (κ3) is 6.29. The van der Waals surface area contributed by atoms with Crippen LogP contribution in [-0.2, 0) is 6.42 Å². The van der Waals surface area contributed by atoms with Gasteiger partial charge in [0.25, 0.3) is 11.8 Å². The van der Waals surface area contributed by atoms with Crippen molar-refractivity contribution in [2.45, 2.75) is 6.42 Å². The highest BCUT2D eigenvalue weighted by Gasteiger charge is 2.12. The molecule has 0 saturated heterocycles. The number of amides is 2. The van der Waals surface area contributed by atoms with Crippen LogP contribution in [0.3, 0.4) is 0 Å². The van der Waals surface area contributed by atoms with Crippen LogP contribution >= 0.6 is 31.9 Å². The van der Waals surface area contributed by atoms with E-state index in [1.54, 1.807) is 72.8 Å². The number of carbonyl (C=O) groups excluding carboxylic acids is 2. The van der Waals surface area contributed by atoms with Crippen LogP contribution in [0.2, 0.25) is 0 Å². The molecule has 8 heteroatoms. The predicted molar refractivity (Wildman–Crippen MR) is 143 cm³/mol. The van der Waals surface area contributed by atoms with Crippen molar-refractivity contribution in [1.29, 1.82) is 0 Å². The van der Waals surface area contributed by atoms with Gasteiger partial charge in [0.05, 0.1) is 11.4 Å². The van der Waals surface area contributed by atoms with Crippen LogP contribution in [0, 0.1) is 0 Å². The summed E-state index contributed by atoms with van der Waals surface area (Å²) in [7, 11) is 0. The molecule has 0 spiro atoms. The Labute approximate surface area is 218 Å². The van der Waals surface area contributed by atoms with Gasteiger partial charge >= 0.3 is 0 Å². The summed E-state index contributed by atoms with van der Waals surface area (Å²) >= 11 is 6.67. The van der Waals surface area contributed by atoms with Gasteiger partial charge in [0, 0.05) is 20.1 Å². The lowest BCUT2D eigenvalue weighted by atomic mass is 10.0. The second kappa shape index (κ2) is 10.8. The van der Waals surface area contributed by atoms with E-state index < -0.39 is 0 Å². The number of rotatable bonds is 6. The van der Waals surface area contributed by atoms with E-state index in [1.165, 1.54) is 0 Å². The first-order valence-corrected chi connectivity index (χ1v) is 12.1. The van der Waals surface area contributed by atoms with E-state index in [2.05, 4.69) is 42.5 Å². The van der Waals surface area contributed by atoms with Gasteiger partial charge in [0.1, 0.15) is 11.5 Å². The number of aromatic hydroxyl groups is 2. The number of hydrogen-bond acceptors (Lipinski definition) is 4. The van der Waals surface area contributed by atoms with Crippen molar-refractivity contribution in [3.05, 3.63) is 116 Å². The molecule has 0 aliphatic rings. The first-order chi connectivity index (χ1) is 16.8. The predicted octanol–water partition coefficient (Wildman–Crippen LogP) is 6.72. The Bertz CT molecular complexity index is 1320. The van der Waals surface area contributed by atoms with Gasteiger partial charge in [-0.15, -0.1) is 0 Å². The number of phenolic OH excluding ortho intramolecular Hbond substituents is 2. The van der Waals surface area contributed by atoms with Crippen molar-refractivity contribution >= 4 is 55.0 Å². The number of halogens is 2. The fourth-order valence-electron chi connectivity index (χ4n) is 3.47. The van der Waals surface area contributed by atoms with E-state index >= 15 is 0 Å². The molecule has 2 amide bonds. The summed E-state index contributed by atoms with van der Waals surface area (Å²) in [5.74, 6) is -0.791. The molecule has 0 heterocycles. The molecule has 4 N–H and O–H groups in total. The molecule has 0 aliphatic carbocycles. The molecule has 176 valence electrons. The van der Waals surface area contributed by atoms with Crippen LogP contribution in [0.4, 0.5) is 11.4 Å². The second-order valence-corrected chi connectivity index (χ2v) is 9.64. The van der Waals surface area contributed by atoms with Crippen molar-refractivity contribution in [3.8, 4) is 11.5 Å². The minimum absolute atomic E-state index is 0.0621. The molecular formula is C27H20Br2N2O4. The van der Waals surface area contributed by atoms with E-state index in [-0.39, 0.29) is 23.3 Å². The zero-order valence-electron chi connectivity index (χ0n) is 18.3. The number of benzene rings is 4. The average Bonchev–Trinajstić information content (AvgIpc) is 2.82. The van der Waals surface area contributed by atoms with Crippen LogP contribution in [0.25, 0.3) is 0 Å². The summed E-state index contributed by atoms with van der Waals surface area (Å²) in [6.45, 7) is 0. The van der Waals surface area contributed by atoms with Crippen LogP contribution in [0.5, 0.6) is 11.5 Å². The average molecular weight is 596 g/mol. The van der Waals surface area contributed by atoms with Gasteiger partial charge in [-0.1, -0.05) is 56.1 Å². The number of hydrogen-bond donors (Lipinski definition) is 4.